The first-order valence-electron chi connectivity index (χ1n) is 5.77. The SMILES string of the molecule is CCC(CC)C(=O)N(CC(=O)O)C(C)(C)C. The summed E-state index contributed by atoms with van der Waals surface area (Å²) in [7, 11) is 0. The number of carboxylic acid groups (broad SMARTS) is 1. The summed E-state index contributed by atoms with van der Waals surface area (Å²) in [4.78, 5) is 24.4. The van der Waals surface area contributed by atoms with Gasteiger partial charge >= 0.3 is 5.97 Å². The van der Waals surface area contributed by atoms with Crippen LogP contribution < -0.4 is 0 Å². The molecule has 0 aromatic heterocycles. The third-order valence-electron chi connectivity index (χ3n) is 2.70. The van der Waals surface area contributed by atoms with E-state index in [0.29, 0.717) is 0 Å². The van der Waals surface area contributed by atoms with Gasteiger partial charge in [0, 0.05) is 11.5 Å². The molecule has 0 bridgehead atoms. The van der Waals surface area contributed by atoms with Crippen LogP contribution in [-0.4, -0.2) is 34.0 Å². The number of carbonyl (C=O) groups excluding carboxylic acids is 1. The maximum Gasteiger partial charge on any atom is 0.323 e. The molecule has 0 fully saturated rings. The summed E-state index contributed by atoms with van der Waals surface area (Å²) in [5, 5.41) is 8.83. The van der Waals surface area contributed by atoms with Crippen molar-refractivity contribution in [2.75, 3.05) is 6.54 Å². The van der Waals surface area contributed by atoms with Crippen molar-refractivity contribution in [1.29, 1.82) is 0 Å². The van der Waals surface area contributed by atoms with Crippen molar-refractivity contribution < 1.29 is 14.7 Å². The van der Waals surface area contributed by atoms with E-state index in [2.05, 4.69) is 0 Å². The lowest BCUT2D eigenvalue weighted by Crippen LogP contribution is -2.50. The Hall–Kier alpha value is -1.06. The van der Waals surface area contributed by atoms with E-state index in [1.54, 1.807) is 0 Å². The number of carbonyl (C=O) groups is 2. The van der Waals surface area contributed by atoms with Crippen LogP contribution in [-0.2, 0) is 9.59 Å². The number of hydrogen-bond acceptors (Lipinski definition) is 2. The fraction of sp³-hybridized carbons (Fsp3) is 0.833. The first-order valence-corrected chi connectivity index (χ1v) is 5.77. The minimum Gasteiger partial charge on any atom is -0.480 e. The Labute approximate surface area is 97.6 Å². The second kappa shape index (κ2) is 5.87. The molecular formula is C12H23NO3. The molecule has 0 aromatic rings. The Kier molecular flexibility index (Phi) is 5.48. The summed E-state index contributed by atoms with van der Waals surface area (Å²) in [6.07, 6.45) is 1.50. The molecule has 0 unspecified atom stereocenters. The second-order valence-corrected chi connectivity index (χ2v) is 5.00. The van der Waals surface area contributed by atoms with Crippen LogP contribution >= 0.6 is 0 Å². The van der Waals surface area contributed by atoms with Crippen LogP contribution in [0.25, 0.3) is 0 Å². The molecule has 0 aromatic carbocycles. The van der Waals surface area contributed by atoms with Gasteiger partial charge in [0.15, 0.2) is 0 Å². The van der Waals surface area contributed by atoms with E-state index in [9.17, 15) is 9.59 Å². The molecule has 4 heteroatoms. The third-order valence-corrected chi connectivity index (χ3v) is 2.70. The van der Waals surface area contributed by atoms with Crippen LogP contribution in [0.5, 0.6) is 0 Å². The van der Waals surface area contributed by atoms with Gasteiger partial charge in [-0.3, -0.25) is 9.59 Å². The summed E-state index contributed by atoms with van der Waals surface area (Å²) in [6, 6.07) is 0. The van der Waals surface area contributed by atoms with Gasteiger partial charge < -0.3 is 10.0 Å². The number of amides is 1. The number of rotatable bonds is 5. The monoisotopic (exact) mass is 229 g/mol. The predicted molar refractivity (Wildman–Crippen MR) is 63.2 cm³/mol. The molecule has 94 valence electrons. The lowest BCUT2D eigenvalue weighted by Gasteiger charge is -2.36. The van der Waals surface area contributed by atoms with E-state index >= 15 is 0 Å². The van der Waals surface area contributed by atoms with Crippen molar-refractivity contribution in [3.8, 4) is 0 Å². The average Bonchev–Trinajstić information content (AvgIpc) is 2.14. The van der Waals surface area contributed by atoms with Crippen molar-refractivity contribution in [3.05, 3.63) is 0 Å². The van der Waals surface area contributed by atoms with Gasteiger partial charge in [-0.15, -0.1) is 0 Å². The summed E-state index contributed by atoms with van der Waals surface area (Å²) < 4.78 is 0. The Balaban J connectivity index is 4.89. The Bertz CT molecular complexity index is 251. The van der Waals surface area contributed by atoms with Crippen LogP contribution in [0.3, 0.4) is 0 Å². The normalized spacial score (nSPS) is 11.6. The summed E-state index contributed by atoms with van der Waals surface area (Å²) in [5.74, 6) is -1.09. The van der Waals surface area contributed by atoms with Gasteiger partial charge in [-0.2, -0.15) is 0 Å². The lowest BCUT2D eigenvalue weighted by atomic mass is 9.97. The molecule has 1 N–H and O–H groups in total. The van der Waals surface area contributed by atoms with Crippen LogP contribution in [0, 0.1) is 5.92 Å². The van der Waals surface area contributed by atoms with E-state index in [0.717, 1.165) is 12.8 Å². The van der Waals surface area contributed by atoms with Gasteiger partial charge in [0.05, 0.1) is 0 Å². The zero-order valence-corrected chi connectivity index (χ0v) is 10.9. The van der Waals surface area contributed by atoms with E-state index in [4.69, 9.17) is 5.11 Å². The van der Waals surface area contributed by atoms with Gasteiger partial charge in [0.1, 0.15) is 6.54 Å². The van der Waals surface area contributed by atoms with E-state index in [-0.39, 0.29) is 18.4 Å². The summed E-state index contributed by atoms with van der Waals surface area (Å²) >= 11 is 0. The number of aliphatic carboxylic acids is 1. The Morgan fingerprint density at radius 3 is 1.88 bits per heavy atom. The molecule has 0 heterocycles. The standard InChI is InChI=1S/C12H23NO3/c1-6-9(7-2)11(16)13(8-10(14)15)12(3,4)5/h9H,6-8H2,1-5H3,(H,14,15). The van der Waals surface area contributed by atoms with Crippen LogP contribution in [0.2, 0.25) is 0 Å². The van der Waals surface area contributed by atoms with Gasteiger partial charge in [-0.1, -0.05) is 13.8 Å². The topological polar surface area (TPSA) is 57.6 Å². The first-order chi connectivity index (χ1) is 7.23. The van der Waals surface area contributed by atoms with Crippen LogP contribution in [0.1, 0.15) is 47.5 Å². The number of hydrogen-bond donors (Lipinski definition) is 1. The molecule has 0 aliphatic carbocycles. The van der Waals surface area contributed by atoms with Crippen LogP contribution in [0.4, 0.5) is 0 Å². The minimum absolute atomic E-state index is 0.0556. The average molecular weight is 229 g/mol. The number of carboxylic acids is 1. The fourth-order valence-corrected chi connectivity index (χ4v) is 1.64. The lowest BCUT2D eigenvalue weighted by molar-refractivity contribution is -0.150. The first kappa shape index (κ1) is 14.9. The van der Waals surface area contributed by atoms with Gasteiger partial charge in [0.2, 0.25) is 5.91 Å². The highest BCUT2D eigenvalue weighted by Gasteiger charge is 2.31. The zero-order valence-electron chi connectivity index (χ0n) is 10.9. The van der Waals surface area contributed by atoms with Gasteiger partial charge in [0.25, 0.3) is 0 Å². The highest BCUT2D eigenvalue weighted by molar-refractivity contribution is 5.83. The molecule has 0 atom stereocenters. The van der Waals surface area contributed by atoms with Crippen molar-refractivity contribution >= 4 is 11.9 Å². The fourth-order valence-electron chi connectivity index (χ4n) is 1.64. The summed E-state index contributed by atoms with van der Waals surface area (Å²) in [6.45, 7) is 9.25. The second-order valence-electron chi connectivity index (χ2n) is 5.00. The van der Waals surface area contributed by atoms with Crippen molar-refractivity contribution in [2.24, 2.45) is 5.92 Å². The molecule has 0 saturated heterocycles. The van der Waals surface area contributed by atoms with E-state index < -0.39 is 11.5 Å². The zero-order chi connectivity index (χ0) is 12.9. The third kappa shape index (κ3) is 4.21. The molecule has 0 saturated carbocycles. The molecule has 0 aliphatic heterocycles. The molecule has 1 amide bonds. The molecule has 0 aliphatic rings. The Morgan fingerprint density at radius 1 is 1.19 bits per heavy atom. The molecule has 0 rings (SSSR count). The van der Waals surface area contributed by atoms with Crippen molar-refractivity contribution in [3.63, 3.8) is 0 Å². The molecule has 16 heavy (non-hydrogen) atoms. The molecule has 4 nitrogen and oxygen atoms in total. The predicted octanol–water partition coefficient (Wildman–Crippen LogP) is 2.13. The van der Waals surface area contributed by atoms with Crippen molar-refractivity contribution in [1.82, 2.24) is 4.90 Å². The highest BCUT2D eigenvalue weighted by atomic mass is 16.4. The largest absolute Gasteiger partial charge is 0.480 e. The van der Waals surface area contributed by atoms with Crippen LogP contribution in [0.15, 0.2) is 0 Å². The highest BCUT2D eigenvalue weighted by Crippen LogP contribution is 2.20. The molecule has 0 spiro atoms. The quantitative estimate of drug-likeness (QED) is 0.785. The minimum atomic E-state index is -0.964. The Morgan fingerprint density at radius 2 is 1.62 bits per heavy atom. The molecule has 0 radical (unpaired) electrons. The van der Waals surface area contributed by atoms with E-state index in [1.165, 1.54) is 4.90 Å². The molecular weight excluding hydrogens is 206 g/mol. The smallest absolute Gasteiger partial charge is 0.323 e. The maximum atomic E-state index is 12.2. The summed E-state index contributed by atoms with van der Waals surface area (Å²) in [5.41, 5.74) is -0.446. The van der Waals surface area contributed by atoms with Gasteiger partial charge in [-0.05, 0) is 33.6 Å². The van der Waals surface area contributed by atoms with Crippen molar-refractivity contribution in [2.45, 2.75) is 53.0 Å². The number of nitrogens with zero attached hydrogens (tertiary/aromatic N) is 1. The van der Waals surface area contributed by atoms with E-state index in [1.807, 2.05) is 34.6 Å². The maximum absolute atomic E-state index is 12.2. The van der Waals surface area contributed by atoms with Gasteiger partial charge in [-0.25, -0.2) is 0 Å².